The Bertz CT molecular complexity index is 488. The van der Waals surface area contributed by atoms with E-state index in [0.29, 0.717) is 31.7 Å². The minimum atomic E-state index is -0.140. The highest BCUT2D eigenvalue weighted by Gasteiger charge is 2.23. The number of amides is 2. The average molecular weight is 304 g/mol. The van der Waals surface area contributed by atoms with Crippen LogP contribution in [0, 0.1) is 0 Å². The summed E-state index contributed by atoms with van der Waals surface area (Å²) in [5, 5.41) is 2.79. The quantitative estimate of drug-likeness (QED) is 0.872. The molecule has 0 bridgehead atoms. The second-order valence-electron chi connectivity index (χ2n) is 5.43. The third kappa shape index (κ3) is 4.84. The molecule has 0 radical (unpaired) electrons. The second kappa shape index (κ2) is 8.54. The lowest BCUT2D eigenvalue weighted by atomic mass is 10.1. The summed E-state index contributed by atoms with van der Waals surface area (Å²) < 4.78 is 5.60. The molecule has 1 N–H and O–H groups in total. The standard InChI is InChI=1S/C17H24N2O3/c1-2-22-15-9-6-12-19(13-15)16(20)10-11-18-17(21)14-7-4-3-5-8-14/h3-5,7-8,15H,2,6,9-13H2,1H3,(H,18,21). The Balaban J connectivity index is 1.72. The molecule has 0 spiro atoms. The minimum absolute atomic E-state index is 0.0813. The average Bonchev–Trinajstić information content (AvgIpc) is 2.56. The van der Waals surface area contributed by atoms with E-state index in [1.807, 2.05) is 30.0 Å². The van der Waals surface area contributed by atoms with Crippen molar-refractivity contribution in [2.24, 2.45) is 0 Å². The van der Waals surface area contributed by atoms with E-state index in [1.165, 1.54) is 0 Å². The van der Waals surface area contributed by atoms with E-state index < -0.39 is 0 Å². The molecule has 1 heterocycles. The largest absolute Gasteiger partial charge is 0.377 e. The summed E-state index contributed by atoms with van der Waals surface area (Å²) in [6, 6.07) is 9.03. The zero-order valence-electron chi connectivity index (χ0n) is 13.1. The second-order valence-corrected chi connectivity index (χ2v) is 5.43. The molecular formula is C17H24N2O3. The van der Waals surface area contributed by atoms with Crippen molar-refractivity contribution in [3.8, 4) is 0 Å². The van der Waals surface area contributed by atoms with Gasteiger partial charge in [0.15, 0.2) is 0 Å². The zero-order chi connectivity index (χ0) is 15.8. The normalized spacial score (nSPS) is 18.0. The predicted octanol–water partition coefficient (Wildman–Crippen LogP) is 1.83. The number of rotatable bonds is 6. The fraction of sp³-hybridized carbons (Fsp3) is 0.529. The number of nitrogens with zero attached hydrogens (tertiary/aromatic N) is 1. The number of nitrogens with one attached hydrogen (secondary N) is 1. The molecule has 1 aliphatic heterocycles. The van der Waals surface area contributed by atoms with Crippen LogP contribution in [0.15, 0.2) is 30.3 Å². The molecule has 0 saturated carbocycles. The number of hydrogen-bond acceptors (Lipinski definition) is 3. The summed E-state index contributed by atoms with van der Waals surface area (Å²) in [4.78, 5) is 25.9. The van der Waals surface area contributed by atoms with Crippen molar-refractivity contribution in [2.45, 2.75) is 32.3 Å². The van der Waals surface area contributed by atoms with Gasteiger partial charge >= 0.3 is 0 Å². The molecular weight excluding hydrogens is 280 g/mol. The van der Waals surface area contributed by atoms with Crippen molar-refractivity contribution in [1.29, 1.82) is 0 Å². The molecule has 2 amide bonds. The summed E-state index contributed by atoms with van der Waals surface area (Å²) in [5.41, 5.74) is 0.615. The van der Waals surface area contributed by atoms with Crippen molar-refractivity contribution in [2.75, 3.05) is 26.2 Å². The highest BCUT2D eigenvalue weighted by molar-refractivity contribution is 5.94. The van der Waals surface area contributed by atoms with E-state index in [1.54, 1.807) is 12.1 Å². The van der Waals surface area contributed by atoms with Crippen LogP contribution in [0.4, 0.5) is 0 Å². The minimum Gasteiger partial charge on any atom is -0.377 e. The highest BCUT2D eigenvalue weighted by Crippen LogP contribution is 2.14. The van der Waals surface area contributed by atoms with E-state index in [2.05, 4.69) is 5.32 Å². The Labute approximate surface area is 131 Å². The highest BCUT2D eigenvalue weighted by atomic mass is 16.5. The van der Waals surface area contributed by atoms with Crippen LogP contribution in [-0.4, -0.2) is 49.1 Å². The molecule has 1 aliphatic rings. The maximum Gasteiger partial charge on any atom is 0.251 e. The van der Waals surface area contributed by atoms with Gasteiger partial charge in [0.1, 0.15) is 0 Å². The van der Waals surface area contributed by atoms with Crippen molar-refractivity contribution in [3.05, 3.63) is 35.9 Å². The van der Waals surface area contributed by atoms with E-state index >= 15 is 0 Å². The molecule has 2 rings (SSSR count). The molecule has 5 nitrogen and oxygen atoms in total. The zero-order valence-corrected chi connectivity index (χ0v) is 13.1. The Hall–Kier alpha value is -1.88. The number of likely N-dealkylation sites (tertiary alicyclic amines) is 1. The number of carbonyl (C=O) groups is 2. The summed E-state index contributed by atoms with van der Waals surface area (Å²) in [7, 11) is 0. The molecule has 120 valence electrons. The van der Waals surface area contributed by atoms with Gasteiger partial charge in [-0.15, -0.1) is 0 Å². The smallest absolute Gasteiger partial charge is 0.251 e. The molecule has 1 unspecified atom stereocenters. The van der Waals surface area contributed by atoms with Crippen LogP contribution >= 0.6 is 0 Å². The van der Waals surface area contributed by atoms with Gasteiger partial charge in [-0.2, -0.15) is 0 Å². The summed E-state index contributed by atoms with van der Waals surface area (Å²) in [6.07, 6.45) is 2.48. The topological polar surface area (TPSA) is 58.6 Å². The molecule has 0 aliphatic carbocycles. The van der Waals surface area contributed by atoms with Gasteiger partial charge in [0, 0.05) is 38.2 Å². The van der Waals surface area contributed by atoms with Crippen LogP contribution in [-0.2, 0) is 9.53 Å². The first-order chi connectivity index (χ1) is 10.7. The van der Waals surface area contributed by atoms with Crippen molar-refractivity contribution in [1.82, 2.24) is 10.2 Å². The van der Waals surface area contributed by atoms with Gasteiger partial charge in [-0.3, -0.25) is 9.59 Å². The van der Waals surface area contributed by atoms with Crippen LogP contribution in [0.25, 0.3) is 0 Å². The lowest BCUT2D eigenvalue weighted by molar-refractivity contribution is -0.135. The molecule has 0 aromatic heterocycles. The Morgan fingerprint density at radius 1 is 1.32 bits per heavy atom. The molecule has 1 aromatic carbocycles. The van der Waals surface area contributed by atoms with Crippen LogP contribution < -0.4 is 5.32 Å². The third-order valence-electron chi connectivity index (χ3n) is 3.79. The van der Waals surface area contributed by atoms with Gasteiger partial charge in [0.05, 0.1) is 6.10 Å². The van der Waals surface area contributed by atoms with Crippen molar-refractivity contribution < 1.29 is 14.3 Å². The lowest BCUT2D eigenvalue weighted by Gasteiger charge is -2.32. The van der Waals surface area contributed by atoms with Crippen molar-refractivity contribution >= 4 is 11.8 Å². The number of benzene rings is 1. The first kappa shape index (κ1) is 16.5. The summed E-state index contributed by atoms with van der Waals surface area (Å²) in [5.74, 6) is -0.0583. The summed E-state index contributed by atoms with van der Waals surface area (Å²) >= 11 is 0. The van der Waals surface area contributed by atoms with Crippen LogP contribution in [0.2, 0.25) is 0 Å². The number of hydrogen-bond donors (Lipinski definition) is 1. The molecule has 1 fully saturated rings. The Morgan fingerprint density at radius 2 is 2.09 bits per heavy atom. The fourth-order valence-corrected chi connectivity index (χ4v) is 2.67. The summed E-state index contributed by atoms with van der Waals surface area (Å²) in [6.45, 7) is 4.47. The van der Waals surface area contributed by atoms with Crippen LogP contribution in [0.3, 0.4) is 0 Å². The first-order valence-corrected chi connectivity index (χ1v) is 7.93. The molecule has 1 atom stereocenters. The van der Waals surface area contributed by atoms with Crippen LogP contribution in [0.5, 0.6) is 0 Å². The first-order valence-electron chi connectivity index (χ1n) is 7.93. The Morgan fingerprint density at radius 3 is 2.82 bits per heavy atom. The number of ether oxygens (including phenoxy) is 1. The molecule has 1 saturated heterocycles. The molecule has 5 heteroatoms. The maximum atomic E-state index is 12.2. The molecule has 22 heavy (non-hydrogen) atoms. The van der Waals surface area contributed by atoms with Crippen LogP contribution in [0.1, 0.15) is 36.5 Å². The van der Waals surface area contributed by atoms with Gasteiger partial charge in [0.2, 0.25) is 5.91 Å². The maximum absolute atomic E-state index is 12.2. The SMILES string of the molecule is CCOC1CCCN(C(=O)CCNC(=O)c2ccccc2)C1. The van der Waals surface area contributed by atoms with Gasteiger partial charge in [0.25, 0.3) is 5.91 Å². The van der Waals surface area contributed by atoms with E-state index in [0.717, 1.165) is 19.4 Å². The third-order valence-corrected chi connectivity index (χ3v) is 3.79. The van der Waals surface area contributed by atoms with E-state index in [4.69, 9.17) is 4.74 Å². The van der Waals surface area contributed by atoms with Gasteiger partial charge in [-0.05, 0) is 31.9 Å². The fourth-order valence-electron chi connectivity index (χ4n) is 2.67. The Kier molecular flexibility index (Phi) is 6.40. The van der Waals surface area contributed by atoms with Gasteiger partial charge in [-0.25, -0.2) is 0 Å². The molecule has 1 aromatic rings. The number of piperidine rings is 1. The monoisotopic (exact) mass is 304 g/mol. The van der Waals surface area contributed by atoms with Gasteiger partial charge in [-0.1, -0.05) is 18.2 Å². The van der Waals surface area contributed by atoms with E-state index in [-0.39, 0.29) is 17.9 Å². The predicted molar refractivity (Wildman–Crippen MR) is 84.6 cm³/mol. The van der Waals surface area contributed by atoms with Crippen molar-refractivity contribution in [3.63, 3.8) is 0 Å². The lowest BCUT2D eigenvalue weighted by Crippen LogP contribution is -2.44. The van der Waals surface area contributed by atoms with Gasteiger partial charge < -0.3 is 15.0 Å². The number of carbonyl (C=O) groups excluding carboxylic acids is 2. The van der Waals surface area contributed by atoms with E-state index in [9.17, 15) is 9.59 Å².